The molecule has 31 heavy (non-hydrogen) atoms. The molecule has 3 rings (SSSR count). The highest BCUT2D eigenvalue weighted by molar-refractivity contribution is 7.89. The normalized spacial score (nSPS) is 14.6. The average Bonchev–Trinajstić information content (AvgIpc) is 2.78. The van der Waals surface area contributed by atoms with Crippen molar-refractivity contribution in [3.8, 4) is 0 Å². The lowest BCUT2D eigenvalue weighted by atomic mass is 10.3. The Bertz CT molecular complexity index is 1050. The zero-order chi connectivity index (χ0) is 22.4. The molecule has 3 N–H and O–H groups in total. The number of carboxylic acids is 1. The predicted molar refractivity (Wildman–Crippen MR) is 114 cm³/mol. The molecule has 0 bridgehead atoms. The number of hydrogen-bond acceptors (Lipinski definition) is 6. The maximum atomic E-state index is 12.9. The highest BCUT2D eigenvalue weighted by Crippen LogP contribution is 2.21. The van der Waals surface area contributed by atoms with E-state index in [0.717, 1.165) is 5.56 Å². The highest BCUT2D eigenvalue weighted by Gasteiger charge is 2.29. The van der Waals surface area contributed by atoms with Crippen LogP contribution in [0, 0.1) is 0 Å². The van der Waals surface area contributed by atoms with Crippen molar-refractivity contribution in [1.82, 2.24) is 19.5 Å². The molecule has 0 spiro atoms. The highest BCUT2D eigenvalue weighted by atomic mass is 32.2. The van der Waals surface area contributed by atoms with Gasteiger partial charge in [-0.1, -0.05) is 12.6 Å². The first-order chi connectivity index (χ1) is 14.8. The van der Waals surface area contributed by atoms with E-state index in [4.69, 9.17) is 5.11 Å². The van der Waals surface area contributed by atoms with Crippen molar-refractivity contribution in [3.05, 3.63) is 66.6 Å². The van der Waals surface area contributed by atoms with Gasteiger partial charge in [-0.05, 0) is 35.9 Å². The first kappa shape index (κ1) is 22.2. The molecule has 1 saturated heterocycles. The molecule has 11 heteroatoms. The van der Waals surface area contributed by atoms with E-state index in [1.807, 2.05) is 6.07 Å². The van der Waals surface area contributed by atoms with Crippen molar-refractivity contribution in [2.24, 2.45) is 0 Å². The van der Waals surface area contributed by atoms with Crippen LogP contribution in [-0.2, 0) is 21.4 Å². The Morgan fingerprint density at radius 3 is 2.35 bits per heavy atom. The maximum Gasteiger partial charge on any atom is 0.351 e. The SMILES string of the molecule is C=C(C(=O)O)N1CCN(S(=O)(=O)c2ccc(NC(=O)NCc3cccnc3)cc2)CC1. The van der Waals surface area contributed by atoms with Crippen LogP contribution in [0.25, 0.3) is 0 Å². The molecule has 1 fully saturated rings. The quantitative estimate of drug-likeness (QED) is 0.548. The molecule has 1 aromatic carbocycles. The third kappa shape index (κ3) is 5.58. The standard InChI is InChI=1S/C20H23N5O5S/c1-15(19(26)27)24-9-11-25(12-10-24)31(29,30)18-6-4-17(5-7-18)23-20(28)22-14-16-3-2-8-21-13-16/h2-8,13H,1,9-12,14H2,(H,26,27)(H2,22,23,28). The molecule has 0 radical (unpaired) electrons. The minimum Gasteiger partial charge on any atom is -0.477 e. The number of carbonyl (C=O) groups is 2. The fourth-order valence-electron chi connectivity index (χ4n) is 3.05. The summed E-state index contributed by atoms with van der Waals surface area (Å²) in [6.07, 6.45) is 3.29. The van der Waals surface area contributed by atoms with Gasteiger partial charge < -0.3 is 20.6 Å². The van der Waals surface area contributed by atoms with E-state index in [1.54, 1.807) is 23.4 Å². The number of rotatable bonds is 7. The number of hydrogen-bond donors (Lipinski definition) is 3. The number of amides is 2. The number of carboxylic acid groups (broad SMARTS) is 1. The Hall–Kier alpha value is -3.44. The molecule has 1 aliphatic rings. The molecule has 1 aromatic heterocycles. The summed E-state index contributed by atoms with van der Waals surface area (Å²) in [4.78, 5) is 28.7. The van der Waals surface area contributed by atoms with Crippen LogP contribution in [0.4, 0.5) is 10.5 Å². The van der Waals surface area contributed by atoms with Gasteiger partial charge in [0.05, 0.1) is 4.90 Å². The first-order valence-corrected chi connectivity index (χ1v) is 10.9. The number of urea groups is 1. The molecule has 0 saturated carbocycles. The third-order valence-electron chi connectivity index (χ3n) is 4.79. The molecule has 164 valence electrons. The summed E-state index contributed by atoms with van der Waals surface area (Å²) in [5.74, 6) is -1.12. The van der Waals surface area contributed by atoms with E-state index in [-0.39, 0.29) is 36.8 Å². The van der Waals surface area contributed by atoms with E-state index < -0.39 is 22.0 Å². The van der Waals surface area contributed by atoms with Crippen molar-refractivity contribution in [3.63, 3.8) is 0 Å². The summed E-state index contributed by atoms with van der Waals surface area (Å²) in [5.41, 5.74) is 1.26. The Labute approximate surface area is 180 Å². The molecule has 1 aliphatic heterocycles. The Morgan fingerprint density at radius 1 is 1.10 bits per heavy atom. The number of sulfonamides is 1. The Balaban J connectivity index is 1.56. The van der Waals surface area contributed by atoms with Crippen LogP contribution in [0.1, 0.15) is 5.56 Å². The largest absolute Gasteiger partial charge is 0.477 e. The van der Waals surface area contributed by atoms with Crippen molar-refractivity contribution >= 4 is 27.7 Å². The zero-order valence-electron chi connectivity index (χ0n) is 16.7. The van der Waals surface area contributed by atoms with Gasteiger partial charge in [0.1, 0.15) is 5.70 Å². The van der Waals surface area contributed by atoms with Crippen molar-refractivity contribution in [2.45, 2.75) is 11.4 Å². The maximum absolute atomic E-state index is 12.9. The van der Waals surface area contributed by atoms with E-state index in [9.17, 15) is 18.0 Å². The van der Waals surface area contributed by atoms with Crippen molar-refractivity contribution in [1.29, 1.82) is 0 Å². The van der Waals surface area contributed by atoms with Gasteiger partial charge in [0.2, 0.25) is 10.0 Å². The zero-order valence-corrected chi connectivity index (χ0v) is 17.5. The average molecular weight is 446 g/mol. The second kappa shape index (κ2) is 9.58. The fourth-order valence-corrected chi connectivity index (χ4v) is 4.48. The third-order valence-corrected chi connectivity index (χ3v) is 6.71. The van der Waals surface area contributed by atoms with Crippen LogP contribution in [0.3, 0.4) is 0 Å². The second-order valence-corrected chi connectivity index (χ2v) is 8.77. The van der Waals surface area contributed by atoms with Crippen LogP contribution >= 0.6 is 0 Å². The molecule has 2 aromatic rings. The second-order valence-electron chi connectivity index (χ2n) is 6.84. The summed E-state index contributed by atoms with van der Waals surface area (Å²) in [7, 11) is -3.73. The lowest BCUT2D eigenvalue weighted by Crippen LogP contribution is -2.48. The number of piperazine rings is 1. The summed E-state index contributed by atoms with van der Waals surface area (Å²) in [6.45, 7) is 4.63. The van der Waals surface area contributed by atoms with Crippen LogP contribution < -0.4 is 10.6 Å². The van der Waals surface area contributed by atoms with Crippen molar-refractivity contribution < 1.29 is 23.1 Å². The molecular weight excluding hydrogens is 422 g/mol. The summed E-state index contributed by atoms with van der Waals surface area (Å²) >= 11 is 0. The number of anilines is 1. The number of nitrogens with zero attached hydrogens (tertiary/aromatic N) is 3. The van der Waals surface area contributed by atoms with Gasteiger partial charge in [0, 0.05) is 50.8 Å². The molecule has 2 amide bonds. The number of aliphatic carboxylic acids is 1. The molecule has 2 heterocycles. The Kier molecular flexibility index (Phi) is 6.88. The van der Waals surface area contributed by atoms with E-state index in [0.29, 0.717) is 12.2 Å². The lowest BCUT2D eigenvalue weighted by Gasteiger charge is -2.35. The summed E-state index contributed by atoms with van der Waals surface area (Å²) in [6, 6.07) is 9.07. The van der Waals surface area contributed by atoms with Crippen LogP contribution in [0.2, 0.25) is 0 Å². The molecule has 0 aliphatic carbocycles. The lowest BCUT2D eigenvalue weighted by molar-refractivity contribution is -0.134. The topological polar surface area (TPSA) is 132 Å². The van der Waals surface area contributed by atoms with Crippen LogP contribution in [0.5, 0.6) is 0 Å². The van der Waals surface area contributed by atoms with E-state index in [2.05, 4.69) is 22.2 Å². The Morgan fingerprint density at radius 2 is 1.77 bits per heavy atom. The molecule has 0 atom stereocenters. The van der Waals surface area contributed by atoms with Gasteiger partial charge in [0.15, 0.2) is 0 Å². The first-order valence-electron chi connectivity index (χ1n) is 9.48. The minimum absolute atomic E-state index is 0.0470. The minimum atomic E-state index is -3.73. The van der Waals surface area contributed by atoms with E-state index >= 15 is 0 Å². The number of pyridine rings is 1. The van der Waals surface area contributed by atoms with Gasteiger partial charge in [-0.3, -0.25) is 4.98 Å². The number of benzene rings is 1. The monoisotopic (exact) mass is 445 g/mol. The molecular formula is C20H23N5O5S. The van der Waals surface area contributed by atoms with Gasteiger partial charge in [-0.25, -0.2) is 18.0 Å². The summed E-state index contributed by atoms with van der Waals surface area (Å²) in [5, 5.41) is 14.4. The van der Waals surface area contributed by atoms with Gasteiger partial charge in [0.25, 0.3) is 0 Å². The number of carbonyl (C=O) groups excluding carboxylic acids is 1. The van der Waals surface area contributed by atoms with Crippen molar-refractivity contribution in [2.75, 3.05) is 31.5 Å². The molecule has 0 unspecified atom stereocenters. The van der Waals surface area contributed by atoms with Gasteiger partial charge in [-0.2, -0.15) is 4.31 Å². The smallest absolute Gasteiger partial charge is 0.351 e. The van der Waals surface area contributed by atoms with Gasteiger partial charge >= 0.3 is 12.0 Å². The predicted octanol–water partition coefficient (Wildman–Crippen LogP) is 1.31. The summed E-state index contributed by atoms with van der Waals surface area (Å²) < 4.78 is 27.0. The van der Waals surface area contributed by atoms with E-state index in [1.165, 1.54) is 28.6 Å². The fraction of sp³-hybridized carbons (Fsp3) is 0.250. The molecule has 10 nitrogen and oxygen atoms in total. The van der Waals surface area contributed by atoms with Crippen LogP contribution in [0.15, 0.2) is 66.0 Å². The van der Waals surface area contributed by atoms with Gasteiger partial charge in [-0.15, -0.1) is 0 Å². The number of nitrogens with one attached hydrogen (secondary N) is 2. The number of aromatic nitrogens is 1. The van der Waals surface area contributed by atoms with Crippen LogP contribution in [-0.4, -0.2) is 65.9 Å².